The van der Waals surface area contributed by atoms with E-state index in [2.05, 4.69) is 34.6 Å². The van der Waals surface area contributed by atoms with E-state index in [-0.39, 0.29) is 11.7 Å². The summed E-state index contributed by atoms with van der Waals surface area (Å²) in [5, 5.41) is 14.5. The zero-order valence-electron chi connectivity index (χ0n) is 14.4. The zero-order chi connectivity index (χ0) is 18.1. The Hall–Kier alpha value is -2.86. The SMILES string of the molecule is CN(CCCNC(=O)c1cccc(/C(N)=N/O)c1)Cc1ccccc1. The van der Waals surface area contributed by atoms with Crippen LogP contribution in [-0.4, -0.2) is 42.0 Å². The molecule has 0 heterocycles. The van der Waals surface area contributed by atoms with E-state index in [1.807, 2.05) is 18.2 Å². The molecule has 0 bridgehead atoms. The number of carbonyl (C=O) groups excluding carboxylic acids is 1. The van der Waals surface area contributed by atoms with Gasteiger partial charge in [0.05, 0.1) is 0 Å². The highest BCUT2D eigenvalue weighted by molar-refractivity contribution is 6.01. The van der Waals surface area contributed by atoms with E-state index in [0.717, 1.165) is 19.5 Å². The fourth-order valence-corrected chi connectivity index (χ4v) is 2.50. The number of oxime groups is 1. The summed E-state index contributed by atoms with van der Waals surface area (Å²) in [5.74, 6) is -0.185. The molecule has 0 atom stereocenters. The van der Waals surface area contributed by atoms with E-state index < -0.39 is 0 Å². The second kappa shape index (κ2) is 9.44. The Morgan fingerprint density at radius 3 is 2.60 bits per heavy atom. The van der Waals surface area contributed by atoms with Crippen molar-refractivity contribution in [2.45, 2.75) is 13.0 Å². The molecular formula is C19H24N4O2. The van der Waals surface area contributed by atoms with E-state index in [0.29, 0.717) is 17.7 Å². The van der Waals surface area contributed by atoms with Crippen LogP contribution in [0.1, 0.15) is 27.9 Å². The van der Waals surface area contributed by atoms with Crippen LogP contribution >= 0.6 is 0 Å². The molecule has 0 saturated carbocycles. The molecule has 0 saturated heterocycles. The van der Waals surface area contributed by atoms with Crippen LogP contribution in [0.2, 0.25) is 0 Å². The van der Waals surface area contributed by atoms with Crippen LogP contribution in [-0.2, 0) is 6.54 Å². The average molecular weight is 340 g/mol. The Bertz CT molecular complexity index is 716. The molecule has 4 N–H and O–H groups in total. The number of hydrogen-bond donors (Lipinski definition) is 3. The number of benzene rings is 2. The fourth-order valence-electron chi connectivity index (χ4n) is 2.50. The molecule has 132 valence electrons. The van der Waals surface area contributed by atoms with Crippen molar-refractivity contribution in [2.24, 2.45) is 10.9 Å². The number of amidine groups is 1. The first-order valence-corrected chi connectivity index (χ1v) is 8.19. The number of rotatable bonds is 8. The average Bonchev–Trinajstić information content (AvgIpc) is 2.65. The summed E-state index contributed by atoms with van der Waals surface area (Å²) in [6.45, 7) is 2.36. The van der Waals surface area contributed by atoms with Crippen LogP contribution in [0.4, 0.5) is 0 Å². The summed E-state index contributed by atoms with van der Waals surface area (Å²) in [4.78, 5) is 14.4. The molecule has 0 aliphatic heterocycles. The third-order valence-corrected chi connectivity index (χ3v) is 3.83. The van der Waals surface area contributed by atoms with Crippen molar-refractivity contribution in [3.63, 3.8) is 0 Å². The number of nitrogens with one attached hydrogen (secondary N) is 1. The summed E-state index contributed by atoms with van der Waals surface area (Å²) in [6, 6.07) is 17.0. The topological polar surface area (TPSA) is 91.0 Å². The van der Waals surface area contributed by atoms with Crippen LogP contribution in [0.5, 0.6) is 0 Å². The van der Waals surface area contributed by atoms with E-state index in [1.54, 1.807) is 24.3 Å². The Morgan fingerprint density at radius 1 is 1.16 bits per heavy atom. The highest BCUT2D eigenvalue weighted by Crippen LogP contribution is 2.06. The molecule has 2 aromatic carbocycles. The summed E-state index contributed by atoms with van der Waals surface area (Å²) >= 11 is 0. The van der Waals surface area contributed by atoms with Crippen molar-refractivity contribution in [1.82, 2.24) is 10.2 Å². The maximum Gasteiger partial charge on any atom is 0.251 e. The lowest BCUT2D eigenvalue weighted by Gasteiger charge is -2.16. The van der Waals surface area contributed by atoms with Gasteiger partial charge in [-0.05, 0) is 37.7 Å². The van der Waals surface area contributed by atoms with Crippen molar-refractivity contribution in [3.05, 3.63) is 71.3 Å². The summed E-state index contributed by atoms with van der Waals surface area (Å²) in [6.07, 6.45) is 0.856. The van der Waals surface area contributed by atoms with Crippen molar-refractivity contribution >= 4 is 11.7 Å². The molecule has 0 aliphatic rings. The quantitative estimate of drug-likeness (QED) is 0.225. The first kappa shape index (κ1) is 18.5. The van der Waals surface area contributed by atoms with Gasteiger partial charge in [0.1, 0.15) is 0 Å². The third kappa shape index (κ3) is 5.93. The number of hydrogen-bond acceptors (Lipinski definition) is 4. The van der Waals surface area contributed by atoms with Crippen LogP contribution in [0.3, 0.4) is 0 Å². The molecule has 6 heteroatoms. The Balaban J connectivity index is 1.75. The molecule has 0 radical (unpaired) electrons. The van der Waals surface area contributed by atoms with E-state index in [4.69, 9.17) is 10.9 Å². The molecule has 0 aliphatic carbocycles. The first-order chi connectivity index (χ1) is 12.1. The van der Waals surface area contributed by atoms with Gasteiger partial charge in [-0.2, -0.15) is 0 Å². The van der Waals surface area contributed by atoms with Gasteiger partial charge in [-0.15, -0.1) is 0 Å². The number of amides is 1. The maximum absolute atomic E-state index is 12.2. The van der Waals surface area contributed by atoms with Gasteiger partial charge in [0.25, 0.3) is 5.91 Å². The lowest BCUT2D eigenvalue weighted by atomic mass is 10.1. The molecule has 2 aromatic rings. The lowest BCUT2D eigenvalue weighted by Crippen LogP contribution is -2.28. The predicted octanol–water partition coefficient (Wildman–Crippen LogP) is 2.03. The van der Waals surface area contributed by atoms with Gasteiger partial charge in [0.2, 0.25) is 0 Å². The molecule has 0 aromatic heterocycles. The highest BCUT2D eigenvalue weighted by Gasteiger charge is 2.08. The van der Waals surface area contributed by atoms with Gasteiger partial charge in [-0.3, -0.25) is 4.79 Å². The van der Waals surface area contributed by atoms with Crippen molar-refractivity contribution in [3.8, 4) is 0 Å². The molecule has 0 spiro atoms. The minimum absolute atomic E-state index is 0.0165. The van der Waals surface area contributed by atoms with Crippen molar-refractivity contribution < 1.29 is 10.0 Å². The van der Waals surface area contributed by atoms with E-state index in [1.165, 1.54) is 5.56 Å². The van der Waals surface area contributed by atoms with Gasteiger partial charge in [0.15, 0.2) is 5.84 Å². The number of carbonyl (C=O) groups is 1. The third-order valence-electron chi connectivity index (χ3n) is 3.83. The monoisotopic (exact) mass is 340 g/mol. The maximum atomic E-state index is 12.2. The normalized spacial score (nSPS) is 11.5. The summed E-state index contributed by atoms with van der Waals surface area (Å²) in [5.41, 5.74) is 7.82. The van der Waals surface area contributed by atoms with E-state index >= 15 is 0 Å². The minimum atomic E-state index is -0.168. The molecule has 1 amide bonds. The van der Waals surface area contributed by atoms with Crippen molar-refractivity contribution in [2.75, 3.05) is 20.1 Å². The molecule has 0 unspecified atom stereocenters. The Kier molecular flexibility index (Phi) is 6.98. The van der Waals surface area contributed by atoms with E-state index in [9.17, 15) is 4.79 Å². The van der Waals surface area contributed by atoms with Gasteiger partial charge in [-0.1, -0.05) is 47.6 Å². The smallest absolute Gasteiger partial charge is 0.251 e. The second-order valence-corrected chi connectivity index (χ2v) is 5.90. The largest absolute Gasteiger partial charge is 0.409 e. The number of nitrogens with two attached hydrogens (primary N) is 1. The second-order valence-electron chi connectivity index (χ2n) is 5.90. The van der Waals surface area contributed by atoms with Gasteiger partial charge < -0.3 is 21.2 Å². The van der Waals surface area contributed by atoms with Crippen LogP contribution in [0.15, 0.2) is 59.8 Å². The molecule has 25 heavy (non-hydrogen) atoms. The minimum Gasteiger partial charge on any atom is -0.409 e. The molecule has 6 nitrogen and oxygen atoms in total. The van der Waals surface area contributed by atoms with Crippen LogP contribution < -0.4 is 11.1 Å². The molecular weight excluding hydrogens is 316 g/mol. The Morgan fingerprint density at radius 2 is 1.88 bits per heavy atom. The summed E-state index contributed by atoms with van der Waals surface area (Å²) < 4.78 is 0. The first-order valence-electron chi connectivity index (χ1n) is 8.19. The van der Waals surface area contributed by atoms with Crippen molar-refractivity contribution in [1.29, 1.82) is 0 Å². The van der Waals surface area contributed by atoms with Crippen LogP contribution in [0.25, 0.3) is 0 Å². The predicted molar refractivity (Wildman–Crippen MR) is 98.7 cm³/mol. The van der Waals surface area contributed by atoms with Gasteiger partial charge in [-0.25, -0.2) is 0 Å². The zero-order valence-corrected chi connectivity index (χ0v) is 14.4. The summed E-state index contributed by atoms with van der Waals surface area (Å²) in [7, 11) is 2.06. The number of nitrogens with zero attached hydrogens (tertiary/aromatic N) is 2. The highest BCUT2D eigenvalue weighted by atomic mass is 16.4. The van der Waals surface area contributed by atoms with Gasteiger partial charge in [0, 0.05) is 24.2 Å². The molecule has 0 fully saturated rings. The lowest BCUT2D eigenvalue weighted by molar-refractivity contribution is 0.0952. The standard InChI is InChI=1S/C19H24N4O2/c1-23(14-15-7-3-2-4-8-15)12-6-11-21-19(24)17-10-5-9-16(13-17)18(20)22-25/h2-5,7-10,13,25H,6,11-12,14H2,1H3,(H2,20,22)(H,21,24). The van der Waals surface area contributed by atoms with Gasteiger partial charge >= 0.3 is 0 Å². The Labute approximate surface area is 147 Å². The molecule has 2 rings (SSSR count). The van der Waals surface area contributed by atoms with Crippen LogP contribution in [0, 0.1) is 0 Å². The fraction of sp³-hybridized carbons (Fsp3) is 0.263.